The Morgan fingerprint density at radius 3 is 1.63 bits per heavy atom. The van der Waals surface area contributed by atoms with Crippen LogP contribution < -0.4 is 64.6 Å². The fraction of sp³-hybridized carbons (Fsp3) is 0.710. The summed E-state index contributed by atoms with van der Waals surface area (Å²) in [5, 5.41) is 91.5. The van der Waals surface area contributed by atoms with Gasteiger partial charge in [0.15, 0.2) is 6.10 Å². The summed E-state index contributed by atoms with van der Waals surface area (Å²) in [7, 11) is 1.12. The third-order valence-electron chi connectivity index (χ3n) is 18.3. The van der Waals surface area contributed by atoms with Crippen molar-refractivity contribution in [2.45, 2.75) is 269 Å². The first-order chi connectivity index (χ1) is 48.3. The average molecular weight is 1460 g/mol. The first-order valence-electron chi connectivity index (χ1n) is 35.5. The largest absolute Gasteiger partial charge is 0.396 e. The number of aliphatic hydroxyl groups excluding tert-OH is 6. The maximum Gasteiger partial charge on any atom is 0.248 e. The molecule has 34 nitrogen and oxygen atoms in total. The van der Waals surface area contributed by atoms with E-state index in [9.17, 15) is 97.8 Å². The second kappa shape index (κ2) is 43.0. The summed E-state index contributed by atoms with van der Waals surface area (Å²) in [6.07, 6.45) is -8.22. The lowest BCUT2D eigenvalue weighted by atomic mass is 9.95. The molecular weight excluding hydrogens is 1340 g/mol. The number of hydrogen-bond acceptors (Lipinski definition) is 20. The van der Waals surface area contributed by atoms with Gasteiger partial charge in [-0.15, -0.1) is 0 Å². The molecule has 0 aromatic heterocycles. The van der Waals surface area contributed by atoms with Crippen molar-refractivity contribution in [3.63, 3.8) is 0 Å². The minimum Gasteiger partial charge on any atom is -0.396 e. The molecule has 34 heteroatoms. The molecule has 2 heterocycles. The molecule has 20 N–H and O–H groups in total. The quantitative estimate of drug-likeness (QED) is 0.0435. The van der Waals surface area contributed by atoms with Crippen molar-refractivity contribution in [2.75, 3.05) is 20.2 Å². The molecule has 103 heavy (non-hydrogen) atoms. The van der Waals surface area contributed by atoms with E-state index in [4.69, 9.17) is 11.5 Å². The number of carbonyl (C=O) groups is 14. The summed E-state index contributed by atoms with van der Waals surface area (Å²) < 4.78 is 0. The van der Waals surface area contributed by atoms with Gasteiger partial charge in [-0.3, -0.25) is 67.1 Å². The van der Waals surface area contributed by atoms with Gasteiger partial charge in [0.2, 0.25) is 82.7 Å². The fourth-order valence-electron chi connectivity index (χ4n) is 12.1. The monoisotopic (exact) mass is 1460 g/mol. The number of likely N-dealkylation sites (N-methyl/N-ethyl adjacent to an activating group) is 1. The topological polar surface area (TPSA) is 539 Å². The van der Waals surface area contributed by atoms with Gasteiger partial charge in [-0.05, 0) is 68.8 Å². The Hall–Kier alpha value is -8.44. The number of unbranched alkanes of at least 4 members (excludes halogenated alkanes) is 4. The van der Waals surface area contributed by atoms with Crippen molar-refractivity contribution < 1.29 is 97.8 Å². The molecule has 1 unspecified atom stereocenters. The zero-order valence-electron chi connectivity index (χ0n) is 61.3. The van der Waals surface area contributed by atoms with E-state index >= 15 is 0 Å². The second-order valence-electron chi connectivity index (χ2n) is 28.2. The van der Waals surface area contributed by atoms with Crippen molar-refractivity contribution >= 4 is 82.7 Å². The van der Waals surface area contributed by atoms with Crippen LogP contribution in [0.4, 0.5) is 0 Å². The van der Waals surface area contributed by atoms with Crippen LogP contribution in [-0.4, -0.2) is 246 Å². The van der Waals surface area contributed by atoms with Crippen molar-refractivity contribution in [2.24, 2.45) is 35.1 Å². The predicted molar refractivity (Wildman–Crippen MR) is 373 cm³/mol. The molecule has 0 spiro atoms. The van der Waals surface area contributed by atoms with Gasteiger partial charge in [-0.2, -0.15) is 0 Å². The first-order valence-corrected chi connectivity index (χ1v) is 35.5. The third-order valence-corrected chi connectivity index (χ3v) is 18.3. The number of fused-ring (bicyclic) bond motifs is 1. The molecule has 2 aliphatic rings. The molecule has 0 bridgehead atoms. The SMILES string of the molecule is CCCCCCC[C@@H]1CC(=O)N[C@@H](C(C)C)C(=O)NC([C@@H](O)C(C)C)C(=O)N[C@@H](CCO)C(=O)N[C@H](CC(C)C)C(=O)N[C@@H](CCC(N)=O)C(=O)N(C)[C@@H]([C@@H](C)CC)C(=O)N[C@H]([C@H](O)C(N)=O)C(=O)N[C@@H]([C@@H](C)O)C(=O)N2C[C@H](O)C[C@H]2C(=O)N[C@H](Cc2ccccc2)C(=O)N[C@@H]([C@@H](C)O)C(=O)N1. The summed E-state index contributed by atoms with van der Waals surface area (Å²) in [4.78, 5) is 201. The van der Waals surface area contributed by atoms with Crippen LogP contribution in [0.15, 0.2) is 30.3 Å². The molecule has 3 rings (SSSR count). The summed E-state index contributed by atoms with van der Waals surface area (Å²) in [5.41, 5.74) is 11.5. The van der Waals surface area contributed by atoms with Gasteiger partial charge in [-0.25, -0.2) is 0 Å². The van der Waals surface area contributed by atoms with E-state index in [0.717, 1.165) is 43.0 Å². The number of primary amides is 2. The molecule has 18 atom stereocenters. The van der Waals surface area contributed by atoms with E-state index in [1.165, 1.54) is 27.7 Å². The lowest BCUT2D eigenvalue weighted by Gasteiger charge is -2.36. The number of amides is 14. The highest BCUT2D eigenvalue weighted by Crippen LogP contribution is 2.23. The summed E-state index contributed by atoms with van der Waals surface area (Å²) in [5.74, 6) is -18.4. The fourth-order valence-corrected chi connectivity index (χ4v) is 12.1. The van der Waals surface area contributed by atoms with Gasteiger partial charge in [-0.1, -0.05) is 131 Å². The number of rotatable bonds is 24. The highest BCUT2D eigenvalue weighted by Gasteiger charge is 2.47. The second-order valence-corrected chi connectivity index (χ2v) is 28.2. The highest BCUT2D eigenvalue weighted by atomic mass is 16.3. The Morgan fingerprint density at radius 1 is 0.553 bits per heavy atom. The summed E-state index contributed by atoms with van der Waals surface area (Å²) in [6, 6.07) is -12.4. The van der Waals surface area contributed by atoms with Crippen molar-refractivity contribution in [3.05, 3.63) is 35.9 Å². The average Bonchev–Trinajstić information content (AvgIpc) is 1.75. The normalized spacial score (nSPS) is 27.4. The number of nitrogens with one attached hydrogen (secondary N) is 10. The Balaban J connectivity index is 2.35. The van der Waals surface area contributed by atoms with Gasteiger partial charge >= 0.3 is 0 Å². The molecule has 1 aromatic rings. The van der Waals surface area contributed by atoms with Gasteiger partial charge in [0.25, 0.3) is 0 Å². The molecule has 2 fully saturated rings. The van der Waals surface area contributed by atoms with Crippen LogP contribution in [0.1, 0.15) is 165 Å². The van der Waals surface area contributed by atoms with Gasteiger partial charge in [0.05, 0.1) is 24.4 Å². The minimum atomic E-state index is -2.60. The van der Waals surface area contributed by atoms with Gasteiger partial charge in [0, 0.05) is 51.9 Å². The zero-order chi connectivity index (χ0) is 77.9. The van der Waals surface area contributed by atoms with Crippen LogP contribution in [0.3, 0.4) is 0 Å². The minimum absolute atomic E-state index is 0.101. The summed E-state index contributed by atoms with van der Waals surface area (Å²) in [6.45, 7) is 15.6. The molecule has 1 aromatic carbocycles. The number of nitrogens with zero attached hydrogens (tertiary/aromatic N) is 2. The van der Waals surface area contributed by atoms with Crippen LogP contribution in [0.2, 0.25) is 0 Å². The van der Waals surface area contributed by atoms with E-state index < -0.39 is 255 Å². The molecular formula is C69H114N14O20. The van der Waals surface area contributed by atoms with E-state index in [2.05, 4.69) is 53.2 Å². The standard InChI is InChI=1S/C69H114N14O20/c1-13-15-16-17-21-24-41-31-49(89)77-50(35(5)6)63(97)80-53(56(90)36(7)8)65(99)73-43(27-28-84)59(93)75-45(29-34(3)4)60(94)74-44(25-26-48(70)88)68(102)82(12)55(37(9)14-2)67(101)81-54(57(91)58(71)92)66(100)79-52(39(11)86)69(103)83-33-42(87)32-47(83)62(96)76-46(30-40-22-19-18-20-23-40)61(95)78-51(38(10)85)64(98)72-41/h18-20,22-23,34-39,41-47,50-57,84-87,90-91H,13-17,21,24-33H2,1-12H3,(H2,70,88)(H2,71,92)(H,72,98)(H,73,99)(H,74,94)(H,75,93)(H,76,96)(H,77,89)(H,78,95)(H,79,100)(H,80,97)(H,81,101)/t37-,38+,39+,41+,42+,43-,44-,45+,46+,47-,50-,51-,52-,53?,54+,55-,56-,57-/m0/s1. The number of hydrogen-bond donors (Lipinski definition) is 18. The first kappa shape index (κ1) is 88.8. The smallest absolute Gasteiger partial charge is 0.248 e. The van der Waals surface area contributed by atoms with E-state index in [1.807, 2.05) is 6.92 Å². The molecule has 0 radical (unpaired) electrons. The maximum atomic E-state index is 14.8. The predicted octanol–water partition coefficient (Wildman–Crippen LogP) is -4.35. The highest BCUT2D eigenvalue weighted by molar-refractivity contribution is 6.01. The molecule has 14 amide bonds. The Labute approximate surface area is 601 Å². The van der Waals surface area contributed by atoms with E-state index in [-0.39, 0.29) is 25.7 Å². The van der Waals surface area contributed by atoms with Crippen LogP contribution >= 0.6 is 0 Å². The number of aliphatic hydroxyl groups is 6. The molecule has 0 aliphatic carbocycles. The zero-order valence-corrected chi connectivity index (χ0v) is 61.3. The number of benzene rings is 1. The van der Waals surface area contributed by atoms with Gasteiger partial charge < -0.3 is 105 Å². The van der Waals surface area contributed by atoms with E-state index in [1.54, 1.807) is 65.0 Å². The van der Waals surface area contributed by atoms with Crippen LogP contribution in [0.5, 0.6) is 0 Å². The van der Waals surface area contributed by atoms with Gasteiger partial charge in [0.1, 0.15) is 66.5 Å². The summed E-state index contributed by atoms with van der Waals surface area (Å²) >= 11 is 0. The van der Waals surface area contributed by atoms with Crippen molar-refractivity contribution in [1.82, 2.24) is 63.0 Å². The van der Waals surface area contributed by atoms with Crippen molar-refractivity contribution in [3.8, 4) is 0 Å². The Morgan fingerprint density at radius 2 is 1.08 bits per heavy atom. The number of carbonyl (C=O) groups excluding carboxylic acids is 14. The van der Waals surface area contributed by atoms with E-state index in [0.29, 0.717) is 18.4 Å². The van der Waals surface area contributed by atoms with Crippen LogP contribution in [0.25, 0.3) is 0 Å². The molecule has 2 saturated heterocycles. The Kier molecular flexibility index (Phi) is 37.0. The lowest BCUT2D eigenvalue weighted by molar-refractivity contribution is -0.148. The molecule has 0 saturated carbocycles. The van der Waals surface area contributed by atoms with Crippen LogP contribution in [-0.2, 0) is 73.5 Å². The molecule has 2 aliphatic heterocycles. The molecule has 580 valence electrons. The van der Waals surface area contributed by atoms with Crippen molar-refractivity contribution in [1.29, 1.82) is 0 Å². The lowest BCUT2D eigenvalue weighted by Crippen LogP contribution is -2.65. The van der Waals surface area contributed by atoms with Crippen LogP contribution in [0, 0.1) is 23.7 Å². The Bertz CT molecular complexity index is 3050. The number of nitrogens with two attached hydrogens (primary N) is 2. The maximum absolute atomic E-state index is 14.8. The third kappa shape index (κ3) is 27.6.